The van der Waals surface area contributed by atoms with E-state index in [-0.39, 0.29) is 13.0 Å². The average molecular weight is 233 g/mol. The van der Waals surface area contributed by atoms with E-state index in [4.69, 9.17) is 5.73 Å². The Morgan fingerprint density at radius 2 is 2.12 bits per heavy atom. The maximum atomic E-state index is 11.9. The van der Waals surface area contributed by atoms with Crippen LogP contribution in [-0.2, 0) is 0 Å². The molecule has 6 heteroatoms. The van der Waals surface area contributed by atoms with Gasteiger partial charge in [-0.15, -0.1) is 0 Å². The lowest BCUT2D eigenvalue weighted by Crippen LogP contribution is -2.12. The number of alkyl halides is 3. The summed E-state index contributed by atoms with van der Waals surface area (Å²) < 4.78 is 35.6. The molecular weight excluding hydrogens is 219 g/mol. The smallest absolute Gasteiger partial charge is 0.389 e. The summed E-state index contributed by atoms with van der Waals surface area (Å²) in [5.74, 6) is 0.580. The number of nitrogen functional groups attached to an aromatic ring is 1. The molecule has 90 valence electrons. The summed E-state index contributed by atoms with van der Waals surface area (Å²) in [5.41, 5.74) is 6.87. The van der Waals surface area contributed by atoms with E-state index in [1.54, 1.807) is 13.0 Å². The zero-order valence-corrected chi connectivity index (χ0v) is 8.93. The summed E-state index contributed by atoms with van der Waals surface area (Å²) in [6.45, 7) is 2.05. The van der Waals surface area contributed by atoms with Gasteiger partial charge in [-0.2, -0.15) is 13.2 Å². The number of nitrogens with one attached hydrogen (secondary N) is 1. The van der Waals surface area contributed by atoms with E-state index in [1.807, 2.05) is 0 Å². The quantitative estimate of drug-likeness (QED) is 0.786. The number of pyridine rings is 1. The molecule has 3 nitrogen and oxygen atoms in total. The number of halogens is 3. The summed E-state index contributed by atoms with van der Waals surface area (Å²) in [6, 6.07) is 1.72. The lowest BCUT2D eigenvalue weighted by Gasteiger charge is -2.09. The molecule has 0 aliphatic heterocycles. The predicted octanol–water partition coefficient (Wildman–Crippen LogP) is 2.73. The first-order valence-electron chi connectivity index (χ1n) is 4.91. The summed E-state index contributed by atoms with van der Waals surface area (Å²) in [4.78, 5) is 3.99. The summed E-state index contributed by atoms with van der Waals surface area (Å²) in [6.07, 6.45) is -3.37. The lowest BCUT2D eigenvalue weighted by atomic mass is 10.2. The molecule has 1 heterocycles. The molecule has 0 radical (unpaired) electrons. The molecule has 1 rings (SSSR count). The minimum atomic E-state index is -4.09. The van der Waals surface area contributed by atoms with Gasteiger partial charge in [0.1, 0.15) is 5.82 Å². The van der Waals surface area contributed by atoms with E-state index in [0.717, 1.165) is 5.56 Å². The van der Waals surface area contributed by atoms with Crippen molar-refractivity contribution in [1.82, 2.24) is 4.98 Å². The third-order valence-corrected chi connectivity index (χ3v) is 2.03. The number of nitrogens with zero attached hydrogens (tertiary/aromatic N) is 1. The molecular formula is C10H14F3N3. The van der Waals surface area contributed by atoms with Gasteiger partial charge in [0.2, 0.25) is 0 Å². The van der Waals surface area contributed by atoms with E-state index in [2.05, 4.69) is 10.3 Å². The van der Waals surface area contributed by atoms with Crippen LogP contribution in [0.1, 0.15) is 18.4 Å². The highest BCUT2D eigenvalue weighted by Crippen LogP contribution is 2.21. The molecule has 0 aromatic carbocycles. The van der Waals surface area contributed by atoms with Gasteiger partial charge < -0.3 is 11.1 Å². The number of aromatic nitrogens is 1. The molecule has 1 aromatic rings. The zero-order chi connectivity index (χ0) is 12.2. The fourth-order valence-corrected chi connectivity index (χ4v) is 1.28. The molecule has 0 bridgehead atoms. The molecule has 0 unspecified atom stereocenters. The van der Waals surface area contributed by atoms with Crippen molar-refractivity contribution < 1.29 is 13.2 Å². The van der Waals surface area contributed by atoms with Gasteiger partial charge in [-0.3, -0.25) is 0 Å². The molecule has 0 saturated carbocycles. The first kappa shape index (κ1) is 12.6. The van der Waals surface area contributed by atoms with Crippen LogP contribution < -0.4 is 11.1 Å². The highest BCUT2D eigenvalue weighted by Gasteiger charge is 2.25. The molecule has 0 saturated heterocycles. The van der Waals surface area contributed by atoms with Crippen molar-refractivity contribution in [2.75, 3.05) is 17.6 Å². The normalized spacial score (nSPS) is 11.5. The van der Waals surface area contributed by atoms with E-state index in [9.17, 15) is 13.2 Å². The Labute approximate surface area is 91.9 Å². The number of aryl methyl sites for hydroxylation is 1. The first-order chi connectivity index (χ1) is 7.38. The average Bonchev–Trinajstić information content (AvgIpc) is 2.13. The molecule has 16 heavy (non-hydrogen) atoms. The maximum absolute atomic E-state index is 11.9. The Morgan fingerprint density at radius 3 is 2.69 bits per heavy atom. The largest absolute Gasteiger partial charge is 0.397 e. The molecule has 0 spiro atoms. The van der Waals surface area contributed by atoms with Crippen molar-refractivity contribution in [3.8, 4) is 0 Å². The fraction of sp³-hybridized carbons (Fsp3) is 0.500. The Kier molecular flexibility index (Phi) is 3.98. The zero-order valence-electron chi connectivity index (χ0n) is 8.93. The van der Waals surface area contributed by atoms with Gasteiger partial charge in [0, 0.05) is 13.0 Å². The number of nitrogens with two attached hydrogens (primary N) is 1. The van der Waals surface area contributed by atoms with Crippen molar-refractivity contribution in [1.29, 1.82) is 0 Å². The van der Waals surface area contributed by atoms with Crippen LogP contribution in [0.25, 0.3) is 0 Å². The molecule has 0 fully saturated rings. The maximum Gasteiger partial charge on any atom is 0.389 e. The van der Waals surface area contributed by atoms with Crippen molar-refractivity contribution in [2.45, 2.75) is 25.9 Å². The second-order valence-corrected chi connectivity index (χ2v) is 3.58. The van der Waals surface area contributed by atoms with Crippen LogP contribution in [0.5, 0.6) is 0 Å². The van der Waals surface area contributed by atoms with Gasteiger partial charge in [-0.05, 0) is 25.0 Å². The van der Waals surface area contributed by atoms with E-state index in [1.165, 1.54) is 6.20 Å². The third-order valence-electron chi connectivity index (χ3n) is 2.03. The Hall–Kier alpha value is -1.46. The molecule has 0 atom stereocenters. The van der Waals surface area contributed by atoms with Gasteiger partial charge in [-0.1, -0.05) is 0 Å². The van der Waals surface area contributed by atoms with Crippen LogP contribution in [-0.4, -0.2) is 17.7 Å². The van der Waals surface area contributed by atoms with Gasteiger partial charge in [0.05, 0.1) is 11.9 Å². The summed E-state index contributed by atoms with van der Waals surface area (Å²) >= 11 is 0. The number of hydrogen-bond acceptors (Lipinski definition) is 3. The number of rotatable bonds is 4. The van der Waals surface area contributed by atoms with Crippen molar-refractivity contribution in [3.63, 3.8) is 0 Å². The predicted molar refractivity (Wildman–Crippen MR) is 57.2 cm³/mol. The highest BCUT2D eigenvalue weighted by atomic mass is 19.4. The SMILES string of the molecule is Cc1cc(N)cnc1NCCCC(F)(F)F. The molecule has 0 amide bonds. The standard InChI is InChI=1S/C10H14F3N3/c1-7-5-8(14)6-16-9(7)15-4-2-3-10(11,12)13/h5-6H,2-4,14H2,1H3,(H,15,16). The fourth-order valence-electron chi connectivity index (χ4n) is 1.28. The molecule has 1 aromatic heterocycles. The van der Waals surface area contributed by atoms with Crippen LogP contribution in [0.4, 0.5) is 24.7 Å². The monoisotopic (exact) mass is 233 g/mol. The second-order valence-electron chi connectivity index (χ2n) is 3.58. The Morgan fingerprint density at radius 1 is 1.44 bits per heavy atom. The van der Waals surface area contributed by atoms with E-state index < -0.39 is 12.6 Å². The van der Waals surface area contributed by atoms with Crippen LogP contribution >= 0.6 is 0 Å². The van der Waals surface area contributed by atoms with Gasteiger partial charge >= 0.3 is 6.18 Å². The molecule has 0 aliphatic carbocycles. The molecule has 3 N–H and O–H groups in total. The van der Waals surface area contributed by atoms with Gasteiger partial charge in [0.25, 0.3) is 0 Å². The number of anilines is 2. The van der Waals surface area contributed by atoms with Crippen LogP contribution in [0.15, 0.2) is 12.3 Å². The minimum absolute atomic E-state index is 0.0367. The first-order valence-corrected chi connectivity index (χ1v) is 4.91. The minimum Gasteiger partial charge on any atom is -0.397 e. The van der Waals surface area contributed by atoms with Crippen molar-refractivity contribution in [2.24, 2.45) is 0 Å². The Balaban J connectivity index is 2.38. The van der Waals surface area contributed by atoms with Crippen molar-refractivity contribution in [3.05, 3.63) is 17.8 Å². The number of hydrogen-bond donors (Lipinski definition) is 2. The van der Waals surface area contributed by atoms with Crippen LogP contribution in [0.2, 0.25) is 0 Å². The van der Waals surface area contributed by atoms with E-state index >= 15 is 0 Å². The van der Waals surface area contributed by atoms with Crippen molar-refractivity contribution >= 4 is 11.5 Å². The lowest BCUT2D eigenvalue weighted by molar-refractivity contribution is -0.134. The molecule has 0 aliphatic rings. The second kappa shape index (κ2) is 5.05. The van der Waals surface area contributed by atoms with E-state index in [0.29, 0.717) is 11.5 Å². The highest BCUT2D eigenvalue weighted by molar-refractivity contribution is 5.50. The van der Waals surface area contributed by atoms with Crippen LogP contribution in [0.3, 0.4) is 0 Å². The Bertz CT molecular complexity index is 350. The summed E-state index contributed by atoms with van der Waals surface area (Å²) in [5, 5.41) is 2.85. The topological polar surface area (TPSA) is 50.9 Å². The van der Waals surface area contributed by atoms with Gasteiger partial charge in [-0.25, -0.2) is 4.98 Å². The van der Waals surface area contributed by atoms with Gasteiger partial charge in [0.15, 0.2) is 0 Å². The third kappa shape index (κ3) is 4.37. The van der Waals surface area contributed by atoms with Crippen LogP contribution in [0, 0.1) is 6.92 Å². The summed E-state index contributed by atoms with van der Waals surface area (Å²) in [7, 11) is 0.